The summed E-state index contributed by atoms with van der Waals surface area (Å²) < 4.78 is 2.35. The van der Waals surface area contributed by atoms with Crippen LogP contribution in [0.15, 0.2) is 40.9 Å². The molecule has 3 aromatic rings. The Morgan fingerprint density at radius 2 is 1.95 bits per heavy atom. The minimum absolute atomic E-state index is 0.414. The monoisotopic (exact) mass is 383 g/mol. The Balaban J connectivity index is 2.17. The molecular weight excluding hydrogens is 377 g/mol. The quantitative estimate of drug-likeness (QED) is 0.678. The van der Waals surface area contributed by atoms with Crippen LogP contribution in [0.3, 0.4) is 0 Å². The van der Waals surface area contributed by atoms with E-state index in [0.29, 0.717) is 27.1 Å². The zero-order chi connectivity index (χ0) is 15.0. The van der Waals surface area contributed by atoms with E-state index >= 15 is 0 Å². The number of halogens is 3. The summed E-state index contributed by atoms with van der Waals surface area (Å²) in [6.07, 6.45) is 0. The molecule has 0 atom stereocenters. The van der Waals surface area contributed by atoms with E-state index in [4.69, 9.17) is 28.9 Å². The first-order valence-electron chi connectivity index (χ1n) is 5.86. The van der Waals surface area contributed by atoms with Crippen LogP contribution in [0.1, 0.15) is 0 Å². The smallest absolute Gasteiger partial charge is 0.188 e. The minimum atomic E-state index is 0.414. The van der Waals surface area contributed by atoms with Gasteiger partial charge in [-0.3, -0.25) is 0 Å². The summed E-state index contributed by atoms with van der Waals surface area (Å²) in [7, 11) is 0. The number of tetrazole rings is 1. The van der Waals surface area contributed by atoms with Gasteiger partial charge in [0.15, 0.2) is 5.82 Å². The molecule has 3 rings (SSSR count). The van der Waals surface area contributed by atoms with Crippen LogP contribution >= 0.6 is 39.1 Å². The van der Waals surface area contributed by atoms with Gasteiger partial charge < -0.3 is 5.73 Å². The largest absolute Gasteiger partial charge is 0.398 e. The summed E-state index contributed by atoms with van der Waals surface area (Å²) in [6.45, 7) is 0. The van der Waals surface area contributed by atoms with Crippen LogP contribution in [0.4, 0.5) is 5.69 Å². The van der Waals surface area contributed by atoms with Gasteiger partial charge in [0, 0.05) is 10.0 Å². The fourth-order valence-electron chi connectivity index (χ4n) is 1.87. The highest BCUT2D eigenvalue weighted by atomic mass is 79.9. The Morgan fingerprint density at radius 1 is 1.14 bits per heavy atom. The SMILES string of the molecule is Nc1cccc(-c2nnnn2-c2ccc(Br)c(Cl)c2)c1Cl. The lowest BCUT2D eigenvalue weighted by Gasteiger charge is -2.08. The van der Waals surface area contributed by atoms with Crippen molar-refractivity contribution in [2.24, 2.45) is 0 Å². The minimum Gasteiger partial charge on any atom is -0.398 e. The van der Waals surface area contributed by atoms with Crippen LogP contribution < -0.4 is 5.73 Å². The number of benzene rings is 2. The fourth-order valence-corrected chi connectivity index (χ4v) is 2.50. The molecule has 0 bridgehead atoms. The highest BCUT2D eigenvalue weighted by Gasteiger charge is 2.15. The molecule has 0 amide bonds. The number of hydrogen-bond acceptors (Lipinski definition) is 4. The molecule has 1 aromatic heterocycles. The summed E-state index contributed by atoms with van der Waals surface area (Å²) in [5.41, 5.74) is 7.67. The first-order chi connectivity index (χ1) is 10.1. The predicted octanol–water partition coefficient (Wildman–Crippen LogP) is 3.98. The molecule has 0 aliphatic rings. The van der Waals surface area contributed by atoms with Gasteiger partial charge in [0.2, 0.25) is 0 Å². The predicted molar refractivity (Wildman–Crippen MR) is 86.7 cm³/mol. The molecule has 0 saturated carbocycles. The van der Waals surface area contributed by atoms with Crippen LogP contribution in [-0.4, -0.2) is 20.2 Å². The number of anilines is 1. The number of nitrogens with two attached hydrogens (primary N) is 1. The third-order valence-electron chi connectivity index (χ3n) is 2.89. The second-order valence-electron chi connectivity index (χ2n) is 4.22. The molecule has 0 spiro atoms. The Hall–Kier alpha value is -1.63. The molecule has 2 aromatic carbocycles. The summed E-state index contributed by atoms with van der Waals surface area (Å²) in [5, 5.41) is 12.7. The van der Waals surface area contributed by atoms with Crippen molar-refractivity contribution in [3.63, 3.8) is 0 Å². The van der Waals surface area contributed by atoms with Crippen molar-refractivity contribution < 1.29 is 0 Å². The maximum atomic E-state index is 6.23. The van der Waals surface area contributed by atoms with E-state index in [2.05, 4.69) is 31.5 Å². The average molecular weight is 385 g/mol. The van der Waals surface area contributed by atoms with Crippen LogP contribution in [0.5, 0.6) is 0 Å². The Morgan fingerprint density at radius 3 is 2.71 bits per heavy atom. The van der Waals surface area contributed by atoms with Crippen molar-refractivity contribution >= 4 is 44.8 Å². The molecule has 0 aliphatic heterocycles. The summed E-state index contributed by atoms with van der Waals surface area (Å²) in [4.78, 5) is 0. The molecule has 0 saturated heterocycles. The number of nitrogens with zero attached hydrogens (tertiary/aromatic N) is 4. The van der Waals surface area contributed by atoms with E-state index in [1.54, 1.807) is 28.9 Å². The van der Waals surface area contributed by atoms with Crippen molar-refractivity contribution in [2.75, 3.05) is 5.73 Å². The van der Waals surface area contributed by atoms with E-state index in [0.717, 1.165) is 10.2 Å². The second kappa shape index (κ2) is 5.63. The van der Waals surface area contributed by atoms with Crippen LogP contribution in [0.2, 0.25) is 10.0 Å². The maximum Gasteiger partial charge on any atom is 0.188 e. The van der Waals surface area contributed by atoms with E-state index in [-0.39, 0.29) is 0 Å². The number of aromatic nitrogens is 4. The first-order valence-corrected chi connectivity index (χ1v) is 7.41. The highest BCUT2D eigenvalue weighted by molar-refractivity contribution is 9.10. The number of hydrogen-bond donors (Lipinski definition) is 1. The zero-order valence-corrected chi connectivity index (χ0v) is 13.6. The third-order valence-corrected chi connectivity index (χ3v) is 4.54. The molecule has 5 nitrogen and oxygen atoms in total. The molecule has 2 N–H and O–H groups in total. The van der Waals surface area contributed by atoms with Gasteiger partial charge in [-0.1, -0.05) is 29.3 Å². The molecule has 0 unspecified atom stereocenters. The second-order valence-corrected chi connectivity index (χ2v) is 5.86. The van der Waals surface area contributed by atoms with Gasteiger partial charge in [-0.25, -0.2) is 0 Å². The van der Waals surface area contributed by atoms with Crippen molar-refractivity contribution in [2.45, 2.75) is 0 Å². The Kier molecular flexibility index (Phi) is 3.84. The van der Waals surface area contributed by atoms with Crippen LogP contribution in [0.25, 0.3) is 17.1 Å². The summed E-state index contributed by atoms with van der Waals surface area (Å²) >= 11 is 15.7. The van der Waals surface area contributed by atoms with Gasteiger partial charge in [0.25, 0.3) is 0 Å². The lowest BCUT2D eigenvalue weighted by molar-refractivity contribution is 0.791. The Labute approximate surface area is 138 Å². The molecule has 8 heteroatoms. The van der Waals surface area contributed by atoms with Gasteiger partial charge in [-0.2, -0.15) is 4.68 Å². The number of rotatable bonds is 2. The molecule has 1 heterocycles. The molecule has 0 fully saturated rings. The number of nitrogen functional groups attached to an aromatic ring is 1. The summed E-state index contributed by atoms with van der Waals surface area (Å²) in [6, 6.07) is 10.7. The third kappa shape index (κ3) is 2.62. The zero-order valence-electron chi connectivity index (χ0n) is 10.5. The van der Waals surface area contributed by atoms with Crippen molar-refractivity contribution in [1.82, 2.24) is 20.2 Å². The topological polar surface area (TPSA) is 69.6 Å². The molecule has 21 heavy (non-hydrogen) atoms. The van der Waals surface area contributed by atoms with Crippen LogP contribution in [-0.2, 0) is 0 Å². The first kappa shape index (κ1) is 14.3. The van der Waals surface area contributed by atoms with Crippen LogP contribution in [0, 0.1) is 0 Å². The van der Waals surface area contributed by atoms with E-state index in [1.807, 2.05) is 12.1 Å². The maximum absolute atomic E-state index is 6.23. The molecule has 106 valence electrons. The standard InChI is InChI=1S/C13H8BrCl2N5/c14-9-5-4-7(6-10(9)15)21-13(18-19-20-21)8-2-1-3-11(17)12(8)16/h1-6H,17H2. The molecule has 0 aliphatic carbocycles. The van der Waals surface area contributed by atoms with E-state index < -0.39 is 0 Å². The highest BCUT2D eigenvalue weighted by Crippen LogP contribution is 2.32. The lowest BCUT2D eigenvalue weighted by Crippen LogP contribution is -2.01. The van der Waals surface area contributed by atoms with Gasteiger partial charge in [0.05, 0.1) is 21.4 Å². The molecule has 0 radical (unpaired) electrons. The Bertz CT molecular complexity index is 818. The lowest BCUT2D eigenvalue weighted by atomic mass is 10.2. The van der Waals surface area contributed by atoms with Crippen molar-refractivity contribution in [3.8, 4) is 17.1 Å². The average Bonchev–Trinajstić information content (AvgIpc) is 2.94. The van der Waals surface area contributed by atoms with Crippen molar-refractivity contribution in [3.05, 3.63) is 50.9 Å². The fraction of sp³-hybridized carbons (Fsp3) is 0. The van der Waals surface area contributed by atoms with E-state index in [9.17, 15) is 0 Å². The van der Waals surface area contributed by atoms with Gasteiger partial charge in [-0.15, -0.1) is 5.10 Å². The van der Waals surface area contributed by atoms with Gasteiger partial charge in [-0.05, 0) is 56.7 Å². The molecular formula is C13H8BrCl2N5. The normalized spacial score (nSPS) is 10.8. The summed E-state index contributed by atoms with van der Waals surface area (Å²) in [5.74, 6) is 0.491. The van der Waals surface area contributed by atoms with E-state index in [1.165, 1.54) is 0 Å². The van der Waals surface area contributed by atoms with Crippen molar-refractivity contribution in [1.29, 1.82) is 0 Å². The van der Waals surface area contributed by atoms with Gasteiger partial charge >= 0.3 is 0 Å². The van der Waals surface area contributed by atoms with Gasteiger partial charge in [0.1, 0.15) is 0 Å².